The highest BCUT2D eigenvalue weighted by atomic mass is 16.2. The van der Waals surface area contributed by atoms with E-state index in [2.05, 4.69) is 36.4 Å². The molecule has 1 saturated heterocycles. The Bertz CT molecular complexity index is 545. The Kier molecular flexibility index (Phi) is 7.09. The summed E-state index contributed by atoms with van der Waals surface area (Å²) in [5.41, 5.74) is 1.88. The molecule has 132 valence electrons. The molecule has 0 aromatic heterocycles. The normalized spacial score (nSPS) is 15.5. The van der Waals surface area contributed by atoms with Crippen molar-refractivity contribution in [2.45, 2.75) is 52.6 Å². The topological polar surface area (TPSA) is 56.7 Å². The van der Waals surface area contributed by atoms with Crippen LogP contribution in [-0.2, 0) is 6.54 Å². The zero-order valence-electron chi connectivity index (χ0n) is 15.1. The van der Waals surface area contributed by atoms with Crippen LogP contribution in [0.4, 0.5) is 0 Å². The van der Waals surface area contributed by atoms with E-state index >= 15 is 0 Å². The first kappa shape index (κ1) is 18.3. The number of amides is 1. The lowest BCUT2D eigenvalue weighted by molar-refractivity contribution is 0.0724. The molecule has 1 fully saturated rings. The number of aliphatic imine (C=N–C) groups is 1. The van der Waals surface area contributed by atoms with Crippen LogP contribution in [0.3, 0.4) is 0 Å². The standard InChI is InChI=1S/C19H30N4O/c1-4-20-19(22-15(2)3)21-14-16-8-10-17(11-9-16)18(24)23-12-6-5-7-13-23/h8-11,15H,4-7,12-14H2,1-3H3,(H2,20,21,22). The van der Waals surface area contributed by atoms with Gasteiger partial charge in [0.2, 0.25) is 0 Å². The summed E-state index contributed by atoms with van der Waals surface area (Å²) >= 11 is 0. The van der Waals surface area contributed by atoms with E-state index in [-0.39, 0.29) is 5.91 Å². The van der Waals surface area contributed by atoms with E-state index in [1.54, 1.807) is 0 Å². The van der Waals surface area contributed by atoms with Gasteiger partial charge in [0.1, 0.15) is 0 Å². The number of carbonyl (C=O) groups excluding carboxylic acids is 1. The van der Waals surface area contributed by atoms with Crippen LogP contribution in [0.1, 0.15) is 56.0 Å². The van der Waals surface area contributed by atoms with Crippen molar-refractivity contribution in [1.29, 1.82) is 0 Å². The number of piperidine rings is 1. The highest BCUT2D eigenvalue weighted by Crippen LogP contribution is 2.14. The summed E-state index contributed by atoms with van der Waals surface area (Å²) in [5.74, 6) is 0.973. The second-order valence-electron chi connectivity index (χ2n) is 6.54. The van der Waals surface area contributed by atoms with E-state index in [4.69, 9.17) is 0 Å². The van der Waals surface area contributed by atoms with Gasteiger partial charge in [0, 0.05) is 31.2 Å². The maximum atomic E-state index is 12.5. The number of likely N-dealkylation sites (tertiary alicyclic amines) is 1. The molecule has 2 N–H and O–H groups in total. The molecule has 1 heterocycles. The zero-order valence-corrected chi connectivity index (χ0v) is 15.1. The van der Waals surface area contributed by atoms with Crippen molar-refractivity contribution >= 4 is 11.9 Å². The summed E-state index contributed by atoms with van der Waals surface area (Å²) in [6.45, 7) is 9.44. The lowest BCUT2D eigenvalue weighted by atomic mass is 10.1. The molecule has 0 unspecified atom stereocenters. The second-order valence-corrected chi connectivity index (χ2v) is 6.54. The first-order valence-electron chi connectivity index (χ1n) is 9.03. The van der Waals surface area contributed by atoms with Gasteiger partial charge in [0.15, 0.2) is 5.96 Å². The van der Waals surface area contributed by atoms with Crippen molar-refractivity contribution < 1.29 is 4.79 Å². The molecule has 0 atom stereocenters. The second kappa shape index (κ2) is 9.30. The van der Waals surface area contributed by atoms with Gasteiger partial charge < -0.3 is 15.5 Å². The van der Waals surface area contributed by atoms with E-state index in [9.17, 15) is 4.79 Å². The summed E-state index contributed by atoms with van der Waals surface area (Å²) in [5, 5.41) is 6.54. The van der Waals surface area contributed by atoms with Crippen LogP contribution >= 0.6 is 0 Å². The van der Waals surface area contributed by atoms with Gasteiger partial charge in [-0.1, -0.05) is 12.1 Å². The third-order valence-corrected chi connectivity index (χ3v) is 4.03. The van der Waals surface area contributed by atoms with Crippen molar-refractivity contribution in [3.05, 3.63) is 35.4 Å². The van der Waals surface area contributed by atoms with Gasteiger partial charge in [0.25, 0.3) is 5.91 Å². The van der Waals surface area contributed by atoms with E-state index in [1.165, 1.54) is 6.42 Å². The summed E-state index contributed by atoms with van der Waals surface area (Å²) in [4.78, 5) is 19.0. The summed E-state index contributed by atoms with van der Waals surface area (Å²) < 4.78 is 0. The molecular formula is C19H30N4O. The van der Waals surface area contributed by atoms with Crippen LogP contribution in [-0.4, -0.2) is 42.4 Å². The fraction of sp³-hybridized carbons (Fsp3) is 0.579. The van der Waals surface area contributed by atoms with Crippen LogP contribution in [0, 0.1) is 0 Å². The summed E-state index contributed by atoms with van der Waals surface area (Å²) in [6, 6.07) is 8.18. The molecule has 1 aromatic carbocycles. The van der Waals surface area contributed by atoms with E-state index in [1.807, 2.05) is 29.2 Å². The molecule has 0 bridgehead atoms. The van der Waals surface area contributed by atoms with Gasteiger partial charge in [-0.2, -0.15) is 0 Å². The number of benzene rings is 1. The molecule has 0 saturated carbocycles. The van der Waals surface area contributed by atoms with Crippen LogP contribution in [0.5, 0.6) is 0 Å². The minimum atomic E-state index is 0.152. The Hall–Kier alpha value is -2.04. The van der Waals surface area contributed by atoms with E-state index < -0.39 is 0 Å². The quantitative estimate of drug-likeness (QED) is 0.645. The van der Waals surface area contributed by atoms with Gasteiger partial charge in [0.05, 0.1) is 6.54 Å². The predicted molar refractivity (Wildman–Crippen MR) is 99.3 cm³/mol. The van der Waals surface area contributed by atoms with Crippen LogP contribution in [0.2, 0.25) is 0 Å². The maximum absolute atomic E-state index is 12.5. The molecule has 5 heteroatoms. The fourth-order valence-corrected chi connectivity index (χ4v) is 2.80. The molecule has 2 rings (SSSR count). The number of rotatable bonds is 5. The highest BCUT2D eigenvalue weighted by Gasteiger charge is 2.17. The highest BCUT2D eigenvalue weighted by molar-refractivity contribution is 5.94. The molecule has 1 aliphatic rings. The maximum Gasteiger partial charge on any atom is 0.253 e. The van der Waals surface area contributed by atoms with E-state index in [0.717, 1.165) is 49.6 Å². The van der Waals surface area contributed by atoms with Crippen LogP contribution in [0.15, 0.2) is 29.3 Å². The Balaban J connectivity index is 1.96. The zero-order chi connectivity index (χ0) is 17.4. The minimum absolute atomic E-state index is 0.152. The Labute approximate surface area is 145 Å². The van der Waals surface area contributed by atoms with Crippen molar-refractivity contribution in [3.8, 4) is 0 Å². The van der Waals surface area contributed by atoms with Crippen molar-refractivity contribution in [2.24, 2.45) is 4.99 Å². The number of hydrogen-bond donors (Lipinski definition) is 2. The van der Waals surface area contributed by atoms with Crippen LogP contribution in [0.25, 0.3) is 0 Å². The smallest absolute Gasteiger partial charge is 0.253 e. The van der Waals surface area contributed by atoms with Crippen molar-refractivity contribution in [2.75, 3.05) is 19.6 Å². The van der Waals surface area contributed by atoms with Crippen molar-refractivity contribution in [1.82, 2.24) is 15.5 Å². The molecule has 1 aromatic rings. The van der Waals surface area contributed by atoms with Gasteiger partial charge in [-0.05, 0) is 57.7 Å². The Morgan fingerprint density at radius 2 is 1.83 bits per heavy atom. The number of nitrogens with zero attached hydrogens (tertiary/aromatic N) is 2. The van der Waals surface area contributed by atoms with Gasteiger partial charge in [-0.15, -0.1) is 0 Å². The monoisotopic (exact) mass is 330 g/mol. The summed E-state index contributed by atoms with van der Waals surface area (Å²) in [6.07, 6.45) is 3.47. The number of nitrogens with one attached hydrogen (secondary N) is 2. The number of carbonyl (C=O) groups is 1. The average Bonchev–Trinajstić information content (AvgIpc) is 2.60. The number of guanidine groups is 1. The lowest BCUT2D eigenvalue weighted by Gasteiger charge is -2.26. The molecule has 1 amide bonds. The lowest BCUT2D eigenvalue weighted by Crippen LogP contribution is -2.41. The molecule has 0 spiro atoms. The summed E-state index contributed by atoms with van der Waals surface area (Å²) in [7, 11) is 0. The van der Waals surface area contributed by atoms with Gasteiger partial charge in [-0.3, -0.25) is 4.79 Å². The third kappa shape index (κ3) is 5.55. The predicted octanol–water partition coefficient (Wildman–Crippen LogP) is 2.78. The number of hydrogen-bond acceptors (Lipinski definition) is 2. The first-order valence-corrected chi connectivity index (χ1v) is 9.03. The Morgan fingerprint density at radius 3 is 2.42 bits per heavy atom. The fourth-order valence-electron chi connectivity index (χ4n) is 2.80. The molecule has 0 radical (unpaired) electrons. The van der Waals surface area contributed by atoms with Crippen molar-refractivity contribution in [3.63, 3.8) is 0 Å². The molecule has 1 aliphatic heterocycles. The minimum Gasteiger partial charge on any atom is -0.357 e. The molecule has 5 nitrogen and oxygen atoms in total. The molecule has 0 aliphatic carbocycles. The molecule has 24 heavy (non-hydrogen) atoms. The SMILES string of the molecule is CCNC(=NCc1ccc(C(=O)N2CCCCC2)cc1)NC(C)C. The van der Waals surface area contributed by atoms with E-state index in [0.29, 0.717) is 12.6 Å². The van der Waals surface area contributed by atoms with Crippen LogP contribution < -0.4 is 10.6 Å². The average molecular weight is 330 g/mol. The van der Waals surface area contributed by atoms with Gasteiger partial charge >= 0.3 is 0 Å². The van der Waals surface area contributed by atoms with Gasteiger partial charge in [-0.25, -0.2) is 4.99 Å². The largest absolute Gasteiger partial charge is 0.357 e. The molecular weight excluding hydrogens is 300 g/mol. The third-order valence-electron chi connectivity index (χ3n) is 4.03. The Morgan fingerprint density at radius 1 is 1.17 bits per heavy atom. The first-order chi connectivity index (χ1) is 11.6.